The molecule has 0 atom stereocenters. The number of amides is 3. The highest BCUT2D eigenvalue weighted by Crippen LogP contribution is 2.36. The molecule has 0 saturated carbocycles. The van der Waals surface area contributed by atoms with Crippen molar-refractivity contribution in [2.75, 3.05) is 5.32 Å². The molecule has 0 aliphatic carbocycles. The molecular weight excluding hydrogens is 431 g/mol. The van der Waals surface area contributed by atoms with E-state index in [0.717, 1.165) is 0 Å². The predicted octanol–water partition coefficient (Wildman–Crippen LogP) is 3.99. The Morgan fingerprint density at radius 3 is 2.53 bits per heavy atom. The number of carbonyl (C=O) groups excluding carboxylic acids is 2. The van der Waals surface area contributed by atoms with Gasteiger partial charge in [0.05, 0.1) is 5.02 Å². The number of hydrogen-bond acceptors (Lipinski definition) is 3. The lowest BCUT2D eigenvalue weighted by atomic mass is 10.0. The number of halogens is 2. The second-order valence-electron chi connectivity index (χ2n) is 6.30. The van der Waals surface area contributed by atoms with E-state index in [9.17, 15) is 19.5 Å². The molecule has 3 aromatic rings. The molecule has 0 unspecified atom stereocenters. The summed E-state index contributed by atoms with van der Waals surface area (Å²) in [5, 5.41) is 15.5. The maximum atomic E-state index is 12.9. The Morgan fingerprint density at radius 2 is 1.87 bits per heavy atom. The molecule has 0 spiro atoms. The Kier molecular flexibility index (Phi) is 6.00. The summed E-state index contributed by atoms with van der Waals surface area (Å²) >= 11 is 12.3. The molecule has 6 N–H and O–H groups in total. The lowest BCUT2D eigenvalue weighted by Gasteiger charge is -2.13. The number of benzene rings is 2. The standard InChI is InChI=1S/C20H16Cl2N4O4/c1-9(18(27)26-13-5-3-2-4-10(13)8-24-20(23)30)15-16-12(22)6-11(21)7-14(16)25-17(15)19(28)29/h2-7,25H,1,8H2,(H,26,27)(H,28,29)(H3,23,24,30). The molecule has 0 radical (unpaired) electrons. The van der Waals surface area contributed by atoms with E-state index in [-0.39, 0.29) is 28.4 Å². The number of nitrogens with one attached hydrogen (secondary N) is 3. The molecule has 0 fully saturated rings. The Bertz CT molecular complexity index is 1200. The van der Waals surface area contributed by atoms with Gasteiger partial charge in [0.2, 0.25) is 0 Å². The van der Waals surface area contributed by atoms with Gasteiger partial charge in [0.1, 0.15) is 5.69 Å². The number of urea groups is 1. The quantitative estimate of drug-likeness (QED) is 0.365. The van der Waals surface area contributed by atoms with Crippen molar-refractivity contribution in [1.82, 2.24) is 10.3 Å². The summed E-state index contributed by atoms with van der Waals surface area (Å²) in [7, 11) is 0. The van der Waals surface area contributed by atoms with E-state index in [0.29, 0.717) is 27.2 Å². The number of carboxylic acid groups (broad SMARTS) is 1. The fourth-order valence-corrected chi connectivity index (χ4v) is 3.59. The average molecular weight is 447 g/mol. The van der Waals surface area contributed by atoms with Crippen molar-refractivity contribution in [2.45, 2.75) is 6.54 Å². The molecule has 0 aliphatic heterocycles. The van der Waals surface area contributed by atoms with Crippen LogP contribution in [0.3, 0.4) is 0 Å². The van der Waals surface area contributed by atoms with Gasteiger partial charge in [-0.3, -0.25) is 4.79 Å². The predicted molar refractivity (Wildman–Crippen MR) is 116 cm³/mol. The van der Waals surface area contributed by atoms with Gasteiger partial charge in [-0.25, -0.2) is 9.59 Å². The topological polar surface area (TPSA) is 137 Å². The van der Waals surface area contributed by atoms with Crippen LogP contribution in [-0.2, 0) is 11.3 Å². The zero-order valence-electron chi connectivity index (χ0n) is 15.4. The van der Waals surface area contributed by atoms with Crippen LogP contribution in [0, 0.1) is 0 Å². The summed E-state index contributed by atoms with van der Waals surface area (Å²) < 4.78 is 0. The van der Waals surface area contributed by atoms with Gasteiger partial charge < -0.3 is 26.5 Å². The third kappa shape index (κ3) is 4.24. The number of aromatic carboxylic acids is 1. The summed E-state index contributed by atoms with van der Waals surface area (Å²) in [5.74, 6) is -1.93. The Labute approximate surface area is 180 Å². The minimum Gasteiger partial charge on any atom is -0.477 e. The molecule has 8 nitrogen and oxygen atoms in total. The summed E-state index contributed by atoms with van der Waals surface area (Å²) in [6.45, 7) is 3.87. The normalized spacial score (nSPS) is 10.6. The highest BCUT2D eigenvalue weighted by atomic mass is 35.5. The number of aromatic nitrogens is 1. The average Bonchev–Trinajstić information content (AvgIpc) is 3.06. The number of nitrogens with two attached hydrogens (primary N) is 1. The molecule has 154 valence electrons. The zero-order valence-corrected chi connectivity index (χ0v) is 16.9. The largest absolute Gasteiger partial charge is 0.477 e. The van der Waals surface area contributed by atoms with E-state index < -0.39 is 17.9 Å². The van der Waals surface area contributed by atoms with Crippen LogP contribution >= 0.6 is 23.2 Å². The third-order valence-corrected chi connectivity index (χ3v) is 4.84. The number of carbonyl (C=O) groups is 3. The van der Waals surface area contributed by atoms with Gasteiger partial charge in [-0.15, -0.1) is 0 Å². The van der Waals surface area contributed by atoms with Crippen LogP contribution < -0.4 is 16.4 Å². The number of aromatic amines is 1. The molecule has 10 heteroatoms. The number of anilines is 1. The van der Waals surface area contributed by atoms with Gasteiger partial charge in [-0.2, -0.15) is 0 Å². The van der Waals surface area contributed by atoms with E-state index in [1.807, 2.05) is 0 Å². The van der Waals surface area contributed by atoms with Crippen molar-refractivity contribution in [3.05, 3.63) is 69.8 Å². The molecule has 2 aromatic carbocycles. The summed E-state index contributed by atoms with van der Waals surface area (Å²) in [6, 6.07) is 9.00. The second-order valence-corrected chi connectivity index (χ2v) is 7.14. The number of rotatable bonds is 6. The van der Waals surface area contributed by atoms with Gasteiger partial charge >= 0.3 is 12.0 Å². The maximum absolute atomic E-state index is 12.9. The first-order valence-corrected chi connectivity index (χ1v) is 9.30. The molecule has 1 heterocycles. The van der Waals surface area contributed by atoms with E-state index in [1.165, 1.54) is 12.1 Å². The van der Waals surface area contributed by atoms with Gasteiger partial charge in [-0.1, -0.05) is 48.0 Å². The minimum atomic E-state index is -1.28. The van der Waals surface area contributed by atoms with Crippen LogP contribution in [0.5, 0.6) is 0 Å². The highest BCUT2D eigenvalue weighted by molar-refractivity contribution is 6.40. The van der Waals surface area contributed by atoms with Gasteiger partial charge in [-0.05, 0) is 23.8 Å². The Balaban J connectivity index is 1.99. The maximum Gasteiger partial charge on any atom is 0.352 e. The first-order chi connectivity index (χ1) is 14.2. The van der Waals surface area contributed by atoms with Crippen LogP contribution in [0.1, 0.15) is 21.6 Å². The molecule has 3 amide bonds. The fraction of sp³-hybridized carbons (Fsp3) is 0.0500. The third-order valence-electron chi connectivity index (χ3n) is 4.32. The summed E-state index contributed by atoms with van der Waals surface area (Å²) in [4.78, 5) is 38.3. The van der Waals surface area contributed by atoms with E-state index >= 15 is 0 Å². The lowest BCUT2D eigenvalue weighted by Crippen LogP contribution is -2.29. The van der Waals surface area contributed by atoms with Crippen molar-refractivity contribution < 1.29 is 19.5 Å². The SMILES string of the molecule is C=C(C(=O)Nc1ccccc1CNC(N)=O)c1c(C(=O)O)[nH]c2cc(Cl)cc(Cl)c12. The van der Waals surface area contributed by atoms with Crippen LogP contribution in [-0.4, -0.2) is 28.0 Å². The van der Waals surface area contributed by atoms with Crippen molar-refractivity contribution in [1.29, 1.82) is 0 Å². The van der Waals surface area contributed by atoms with Crippen molar-refractivity contribution in [3.8, 4) is 0 Å². The zero-order chi connectivity index (χ0) is 22.0. The molecule has 0 saturated heterocycles. The Morgan fingerprint density at radius 1 is 1.17 bits per heavy atom. The molecule has 0 bridgehead atoms. The monoisotopic (exact) mass is 446 g/mol. The van der Waals surface area contributed by atoms with Crippen molar-refractivity contribution in [3.63, 3.8) is 0 Å². The fourth-order valence-electron chi connectivity index (χ4n) is 3.00. The molecule has 3 rings (SSSR count). The Hall–Kier alpha value is -3.49. The van der Waals surface area contributed by atoms with Crippen molar-refractivity contribution in [2.24, 2.45) is 5.73 Å². The molecule has 1 aromatic heterocycles. The van der Waals surface area contributed by atoms with E-state index in [4.69, 9.17) is 28.9 Å². The van der Waals surface area contributed by atoms with Gasteiger partial charge in [0, 0.05) is 39.3 Å². The van der Waals surface area contributed by atoms with Crippen LogP contribution in [0.15, 0.2) is 43.0 Å². The van der Waals surface area contributed by atoms with Crippen molar-refractivity contribution >= 4 is 63.3 Å². The van der Waals surface area contributed by atoms with Gasteiger partial charge in [0.15, 0.2) is 0 Å². The van der Waals surface area contributed by atoms with E-state index in [1.54, 1.807) is 24.3 Å². The first kappa shape index (κ1) is 21.2. The number of fused-ring (bicyclic) bond motifs is 1. The lowest BCUT2D eigenvalue weighted by molar-refractivity contribution is -0.111. The van der Waals surface area contributed by atoms with Crippen LogP contribution in [0.4, 0.5) is 10.5 Å². The van der Waals surface area contributed by atoms with Crippen LogP contribution in [0.25, 0.3) is 16.5 Å². The number of primary amides is 1. The summed E-state index contributed by atoms with van der Waals surface area (Å²) in [6.07, 6.45) is 0. The molecule has 0 aliphatic rings. The van der Waals surface area contributed by atoms with E-state index in [2.05, 4.69) is 22.2 Å². The number of para-hydroxylation sites is 1. The molecule has 30 heavy (non-hydrogen) atoms. The minimum absolute atomic E-state index is 0.0596. The number of carboxylic acids is 1. The number of hydrogen-bond donors (Lipinski definition) is 5. The smallest absolute Gasteiger partial charge is 0.352 e. The summed E-state index contributed by atoms with van der Waals surface area (Å²) in [5.41, 5.74) is 6.17. The highest BCUT2D eigenvalue weighted by Gasteiger charge is 2.25. The second kappa shape index (κ2) is 8.48. The molecular formula is C20H16Cl2N4O4. The van der Waals surface area contributed by atoms with Gasteiger partial charge in [0.25, 0.3) is 5.91 Å². The van der Waals surface area contributed by atoms with Crippen LogP contribution in [0.2, 0.25) is 10.0 Å². The first-order valence-electron chi connectivity index (χ1n) is 8.55. The number of H-pyrrole nitrogens is 1.